The normalized spacial score (nSPS) is 27.5. The molecule has 1 atom stereocenters. The predicted octanol–water partition coefficient (Wildman–Crippen LogP) is 2.42. The van der Waals surface area contributed by atoms with E-state index in [0.29, 0.717) is 6.54 Å². The molecule has 0 aromatic rings. The zero-order valence-corrected chi connectivity index (χ0v) is 7.19. The third-order valence-electron chi connectivity index (χ3n) is 2.32. The van der Waals surface area contributed by atoms with Gasteiger partial charge in [-0.3, -0.25) is 4.90 Å². The zero-order valence-electron chi connectivity index (χ0n) is 7.19. The largest absolute Gasteiger partial charge is 0.401 e. The molecule has 1 unspecified atom stereocenters. The van der Waals surface area contributed by atoms with Crippen LogP contribution >= 0.6 is 0 Å². The van der Waals surface area contributed by atoms with Crippen molar-refractivity contribution in [2.24, 2.45) is 0 Å². The van der Waals surface area contributed by atoms with Crippen LogP contribution in [0.5, 0.6) is 0 Å². The summed E-state index contributed by atoms with van der Waals surface area (Å²) in [6.45, 7) is 1.72. The molecule has 0 aromatic heterocycles. The Balaban J connectivity index is 2.39. The second-order valence-electron chi connectivity index (χ2n) is 3.43. The van der Waals surface area contributed by atoms with Gasteiger partial charge in [-0.15, -0.1) is 0 Å². The van der Waals surface area contributed by atoms with Gasteiger partial charge in [0.05, 0.1) is 6.54 Å². The molecule has 0 N–H and O–H groups in total. The van der Waals surface area contributed by atoms with Crippen LogP contribution in [-0.4, -0.2) is 30.2 Å². The number of alkyl halides is 3. The molecule has 0 amide bonds. The van der Waals surface area contributed by atoms with Crippen LogP contribution in [0.4, 0.5) is 13.2 Å². The Morgan fingerprint density at radius 2 is 2.00 bits per heavy atom. The van der Waals surface area contributed by atoms with E-state index in [4.69, 9.17) is 0 Å². The Morgan fingerprint density at radius 3 is 2.50 bits per heavy atom. The van der Waals surface area contributed by atoms with Crippen molar-refractivity contribution in [3.63, 3.8) is 0 Å². The Morgan fingerprint density at radius 1 is 1.33 bits per heavy atom. The summed E-state index contributed by atoms with van der Waals surface area (Å²) < 4.78 is 35.9. The summed E-state index contributed by atoms with van der Waals surface area (Å²) >= 11 is 0. The first kappa shape index (κ1) is 9.84. The number of hydrogen-bond acceptors (Lipinski definition) is 1. The molecule has 1 saturated heterocycles. The number of halogens is 3. The number of rotatable bonds is 1. The van der Waals surface area contributed by atoms with E-state index in [9.17, 15) is 13.2 Å². The van der Waals surface area contributed by atoms with Crippen molar-refractivity contribution in [1.29, 1.82) is 0 Å². The molecule has 1 aliphatic rings. The summed E-state index contributed by atoms with van der Waals surface area (Å²) in [5.41, 5.74) is 0. The first-order chi connectivity index (χ1) is 5.49. The summed E-state index contributed by atoms with van der Waals surface area (Å²) in [7, 11) is 0. The third kappa shape index (κ3) is 3.01. The summed E-state index contributed by atoms with van der Waals surface area (Å²) in [6.07, 6.45) is -1.17. The molecular formula is C8H14F3N. The van der Waals surface area contributed by atoms with Crippen molar-refractivity contribution in [3.05, 3.63) is 0 Å². The van der Waals surface area contributed by atoms with Gasteiger partial charge in [-0.1, -0.05) is 6.42 Å². The summed E-state index contributed by atoms with van der Waals surface area (Å²) in [5.74, 6) is 0. The van der Waals surface area contributed by atoms with Crippen molar-refractivity contribution in [1.82, 2.24) is 4.90 Å². The molecule has 0 radical (unpaired) electrons. The second kappa shape index (κ2) is 3.64. The molecule has 0 spiro atoms. The fraction of sp³-hybridized carbons (Fsp3) is 1.00. The highest BCUT2D eigenvalue weighted by Crippen LogP contribution is 2.22. The molecule has 1 nitrogen and oxygen atoms in total. The lowest BCUT2D eigenvalue weighted by Crippen LogP contribution is -2.43. The van der Waals surface area contributed by atoms with Gasteiger partial charge in [0.2, 0.25) is 0 Å². The molecule has 4 heteroatoms. The highest BCUT2D eigenvalue weighted by atomic mass is 19.4. The van der Waals surface area contributed by atoms with Gasteiger partial charge in [0.25, 0.3) is 0 Å². The van der Waals surface area contributed by atoms with E-state index in [1.54, 1.807) is 0 Å². The van der Waals surface area contributed by atoms with Gasteiger partial charge >= 0.3 is 6.18 Å². The van der Waals surface area contributed by atoms with Crippen LogP contribution < -0.4 is 0 Å². The lowest BCUT2D eigenvalue weighted by atomic mass is 10.0. The second-order valence-corrected chi connectivity index (χ2v) is 3.43. The first-order valence-electron chi connectivity index (χ1n) is 4.30. The van der Waals surface area contributed by atoms with Crippen LogP contribution in [0.25, 0.3) is 0 Å². The van der Waals surface area contributed by atoms with Crippen molar-refractivity contribution in [3.8, 4) is 0 Å². The molecule has 1 fully saturated rings. The highest BCUT2D eigenvalue weighted by molar-refractivity contribution is 4.74. The minimum Gasteiger partial charge on any atom is -0.292 e. The summed E-state index contributed by atoms with van der Waals surface area (Å²) in [4.78, 5) is 1.52. The van der Waals surface area contributed by atoms with E-state index in [1.165, 1.54) is 4.90 Å². The van der Waals surface area contributed by atoms with E-state index in [0.717, 1.165) is 19.3 Å². The van der Waals surface area contributed by atoms with Crippen molar-refractivity contribution in [2.75, 3.05) is 13.1 Å². The molecule has 0 bridgehead atoms. The van der Waals surface area contributed by atoms with Gasteiger partial charge < -0.3 is 0 Å². The van der Waals surface area contributed by atoms with Gasteiger partial charge in [0, 0.05) is 6.04 Å². The molecule has 1 heterocycles. The molecule has 72 valence electrons. The lowest BCUT2D eigenvalue weighted by molar-refractivity contribution is -0.152. The molecule has 12 heavy (non-hydrogen) atoms. The average molecular weight is 181 g/mol. The summed E-state index contributed by atoms with van der Waals surface area (Å²) in [5, 5.41) is 0. The van der Waals surface area contributed by atoms with Crippen LogP contribution in [0.1, 0.15) is 26.2 Å². The van der Waals surface area contributed by atoms with E-state index in [1.807, 2.05) is 6.92 Å². The van der Waals surface area contributed by atoms with Gasteiger partial charge in [0.1, 0.15) is 0 Å². The Kier molecular flexibility index (Phi) is 2.99. The first-order valence-corrected chi connectivity index (χ1v) is 4.30. The quantitative estimate of drug-likeness (QED) is 0.600. The van der Waals surface area contributed by atoms with Crippen molar-refractivity contribution < 1.29 is 13.2 Å². The van der Waals surface area contributed by atoms with Crippen LogP contribution in [0.15, 0.2) is 0 Å². The molecule has 0 aliphatic carbocycles. The number of hydrogen-bond donors (Lipinski definition) is 0. The number of likely N-dealkylation sites (tertiary alicyclic amines) is 1. The maximum Gasteiger partial charge on any atom is 0.401 e. The smallest absolute Gasteiger partial charge is 0.292 e. The van der Waals surface area contributed by atoms with Gasteiger partial charge in [0.15, 0.2) is 0 Å². The number of piperidine rings is 1. The average Bonchev–Trinajstić information content (AvgIpc) is 1.91. The van der Waals surface area contributed by atoms with Crippen LogP contribution in [-0.2, 0) is 0 Å². The molecule has 1 aliphatic heterocycles. The topological polar surface area (TPSA) is 3.24 Å². The third-order valence-corrected chi connectivity index (χ3v) is 2.32. The predicted molar refractivity (Wildman–Crippen MR) is 40.9 cm³/mol. The van der Waals surface area contributed by atoms with Gasteiger partial charge in [-0.25, -0.2) is 0 Å². The fourth-order valence-electron chi connectivity index (χ4n) is 1.62. The highest BCUT2D eigenvalue weighted by Gasteiger charge is 2.33. The SMILES string of the molecule is CC1CCCCN1CC(F)(F)F. The van der Waals surface area contributed by atoms with Gasteiger partial charge in [-0.2, -0.15) is 13.2 Å². The Hall–Kier alpha value is -0.250. The fourth-order valence-corrected chi connectivity index (χ4v) is 1.62. The van der Waals surface area contributed by atoms with Crippen LogP contribution in [0.2, 0.25) is 0 Å². The monoisotopic (exact) mass is 181 g/mol. The Bertz CT molecular complexity index is 144. The van der Waals surface area contributed by atoms with Crippen LogP contribution in [0, 0.1) is 0 Å². The van der Waals surface area contributed by atoms with Crippen molar-refractivity contribution in [2.45, 2.75) is 38.4 Å². The van der Waals surface area contributed by atoms with E-state index in [-0.39, 0.29) is 6.04 Å². The zero-order chi connectivity index (χ0) is 9.19. The van der Waals surface area contributed by atoms with E-state index >= 15 is 0 Å². The lowest BCUT2D eigenvalue weighted by Gasteiger charge is -2.33. The molecule has 1 rings (SSSR count). The standard InChI is InChI=1S/C8H14F3N/c1-7-4-2-3-5-12(7)6-8(9,10)11/h7H,2-6H2,1H3. The maximum atomic E-state index is 12.0. The molecule has 0 saturated carbocycles. The minimum atomic E-state index is -4.04. The van der Waals surface area contributed by atoms with Crippen LogP contribution in [0.3, 0.4) is 0 Å². The van der Waals surface area contributed by atoms with E-state index < -0.39 is 12.7 Å². The molecule has 0 aromatic carbocycles. The van der Waals surface area contributed by atoms with Crippen molar-refractivity contribution >= 4 is 0 Å². The minimum absolute atomic E-state index is 0.0976. The Labute approximate surface area is 70.5 Å². The van der Waals surface area contributed by atoms with E-state index in [2.05, 4.69) is 0 Å². The number of nitrogens with zero attached hydrogens (tertiary/aromatic N) is 1. The molecular weight excluding hydrogens is 167 g/mol. The maximum absolute atomic E-state index is 12.0. The summed E-state index contributed by atoms with van der Waals surface area (Å²) in [6, 6.07) is 0.0976. The van der Waals surface area contributed by atoms with Gasteiger partial charge in [-0.05, 0) is 26.3 Å².